The number of hydrogen-bond donors (Lipinski definition) is 2. The van der Waals surface area contributed by atoms with Crippen molar-refractivity contribution in [3.05, 3.63) is 38.6 Å². The van der Waals surface area contributed by atoms with Gasteiger partial charge in [0.1, 0.15) is 5.82 Å². The summed E-state index contributed by atoms with van der Waals surface area (Å²) in [5.41, 5.74) is -0.550. The minimum Gasteiger partial charge on any atom is -0.352 e. The number of nitrogens with one attached hydrogen (secondary N) is 2. The highest BCUT2D eigenvalue weighted by Gasteiger charge is 2.34. The van der Waals surface area contributed by atoms with Crippen molar-refractivity contribution in [1.82, 2.24) is 9.97 Å². The standard InChI is InChI=1S/C15H15ClF3IN4/c1-3-8(2)21-14-23-12(15(17,18)19)7-13(24-14)22-11-5-4-9(20)6-10(11)16/h4-8H,3H2,1-2H3,(H2,21,22,23,24)/t8-/m0/s1. The van der Waals surface area contributed by atoms with Gasteiger partial charge in [-0.3, -0.25) is 0 Å². The second-order valence-corrected chi connectivity index (χ2v) is 6.82. The van der Waals surface area contributed by atoms with Crippen molar-refractivity contribution in [2.24, 2.45) is 0 Å². The molecule has 0 bridgehead atoms. The molecular weight excluding hydrogens is 456 g/mol. The van der Waals surface area contributed by atoms with Crippen LogP contribution in [0.2, 0.25) is 5.02 Å². The molecule has 0 aliphatic heterocycles. The third-order valence-electron chi connectivity index (χ3n) is 3.20. The zero-order valence-corrected chi connectivity index (χ0v) is 15.8. The maximum absolute atomic E-state index is 13.1. The monoisotopic (exact) mass is 470 g/mol. The molecule has 4 nitrogen and oxygen atoms in total. The van der Waals surface area contributed by atoms with Crippen molar-refractivity contribution in [1.29, 1.82) is 0 Å². The van der Waals surface area contributed by atoms with E-state index < -0.39 is 11.9 Å². The topological polar surface area (TPSA) is 49.8 Å². The Balaban J connectivity index is 2.38. The van der Waals surface area contributed by atoms with Crippen LogP contribution in [0.25, 0.3) is 0 Å². The normalized spacial score (nSPS) is 12.8. The van der Waals surface area contributed by atoms with Crippen LogP contribution < -0.4 is 10.6 Å². The zero-order valence-electron chi connectivity index (χ0n) is 12.9. The molecule has 1 atom stereocenters. The summed E-state index contributed by atoms with van der Waals surface area (Å²) in [6, 6.07) is 5.98. The van der Waals surface area contributed by atoms with Gasteiger partial charge in [-0.05, 0) is 54.1 Å². The maximum Gasteiger partial charge on any atom is 0.433 e. The molecule has 24 heavy (non-hydrogen) atoms. The Morgan fingerprint density at radius 1 is 1.25 bits per heavy atom. The van der Waals surface area contributed by atoms with Crippen molar-refractivity contribution in [3.63, 3.8) is 0 Å². The van der Waals surface area contributed by atoms with Crippen LogP contribution in [0.4, 0.5) is 30.6 Å². The van der Waals surface area contributed by atoms with Gasteiger partial charge in [-0.1, -0.05) is 18.5 Å². The first kappa shape index (κ1) is 19.0. The fourth-order valence-electron chi connectivity index (χ4n) is 1.77. The first-order valence-electron chi connectivity index (χ1n) is 7.14. The van der Waals surface area contributed by atoms with Crippen LogP contribution in [0.15, 0.2) is 24.3 Å². The quantitative estimate of drug-likeness (QED) is 0.550. The Labute approximate surface area is 156 Å². The number of benzene rings is 1. The van der Waals surface area contributed by atoms with E-state index in [4.69, 9.17) is 11.6 Å². The summed E-state index contributed by atoms with van der Waals surface area (Å²) in [5, 5.41) is 6.07. The predicted octanol–water partition coefficient (Wildman–Crippen LogP) is 5.71. The molecule has 9 heteroatoms. The van der Waals surface area contributed by atoms with Crippen LogP contribution >= 0.6 is 34.2 Å². The molecule has 0 aliphatic carbocycles. The molecule has 0 saturated carbocycles. The van der Waals surface area contributed by atoms with Gasteiger partial charge in [0.25, 0.3) is 0 Å². The number of alkyl halides is 3. The molecule has 0 amide bonds. The average Bonchev–Trinajstić information content (AvgIpc) is 2.49. The van der Waals surface area contributed by atoms with Gasteiger partial charge in [-0.2, -0.15) is 18.2 Å². The highest BCUT2D eigenvalue weighted by Crippen LogP contribution is 2.32. The van der Waals surface area contributed by atoms with Crippen molar-refractivity contribution in [2.75, 3.05) is 10.6 Å². The second kappa shape index (κ2) is 7.73. The summed E-state index contributed by atoms with van der Waals surface area (Å²) >= 11 is 8.20. The molecule has 0 fully saturated rings. The predicted molar refractivity (Wildman–Crippen MR) is 97.9 cm³/mol. The van der Waals surface area contributed by atoms with Crippen LogP contribution in [0.1, 0.15) is 26.0 Å². The van der Waals surface area contributed by atoms with Gasteiger partial charge in [0.2, 0.25) is 5.95 Å². The Bertz CT molecular complexity index is 724. The van der Waals surface area contributed by atoms with Crippen LogP contribution in [-0.2, 0) is 6.18 Å². The molecule has 130 valence electrons. The molecule has 0 unspecified atom stereocenters. The molecule has 2 N–H and O–H groups in total. The van der Waals surface area contributed by atoms with Crippen molar-refractivity contribution < 1.29 is 13.2 Å². The smallest absolute Gasteiger partial charge is 0.352 e. The molecule has 1 aromatic carbocycles. The molecule has 0 spiro atoms. The lowest BCUT2D eigenvalue weighted by Crippen LogP contribution is -2.18. The molecule has 0 aliphatic rings. The van der Waals surface area contributed by atoms with Gasteiger partial charge in [0.15, 0.2) is 5.69 Å². The summed E-state index contributed by atoms with van der Waals surface area (Å²) in [4.78, 5) is 7.65. The number of anilines is 3. The Hall–Kier alpha value is -1.29. The summed E-state index contributed by atoms with van der Waals surface area (Å²) in [6.45, 7) is 3.75. The van der Waals surface area contributed by atoms with Gasteiger partial charge in [-0.15, -0.1) is 0 Å². The number of aromatic nitrogens is 2. The van der Waals surface area contributed by atoms with E-state index >= 15 is 0 Å². The lowest BCUT2D eigenvalue weighted by molar-refractivity contribution is -0.141. The number of nitrogens with zero attached hydrogens (tertiary/aromatic N) is 2. The number of hydrogen-bond acceptors (Lipinski definition) is 4. The van der Waals surface area contributed by atoms with Crippen LogP contribution in [-0.4, -0.2) is 16.0 Å². The van der Waals surface area contributed by atoms with Gasteiger partial charge in [-0.25, -0.2) is 4.98 Å². The van der Waals surface area contributed by atoms with E-state index in [1.165, 1.54) is 0 Å². The second-order valence-electron chi connectivity index (χ2n) is 5.16. The van der Waals surface area contributed by atoms with E-state index in [2.05, 4.69) is 43.2 Å². The molecule has 1 heterocycles. The van der Waals surface area contributed by atoms with Crippen LogP contribution in [0.5, 0.6) is 0 Å². The summed E-state index contributed by atoms with van der Waals surface area (Å²) in [5.74, 6) is -0.0606. The zero-order chi connectivity index (χ0) is 17.9. The molecule has 0 radical (unpaired) electrons. The van der Waals surface area contributed by atoms with Gasteiger partial charge in [0.05, 0.1) is 10.7 Å². The summed E-state index contributed by atoms with van der Waals surface area (Å²) < 4.78 is 40.1. The number of halogens is 5. The lowest BCUT2D eigenvalue weighted by Gasteiger charge is -2.16. The SMILES string of the molecule is CC[C@H](C)Nc1nc(Nc2ccc(I)cc2Cl)cc(C(F)(F)F)n1. The number of rotatable bonds is 5. The summed E-state index contributed by atoms with van der Waals surface area (Å²) in [6.07, 6.45) is -3.84. The fraction of sp³-hybridized carbons (Fsp3) is 0.333. The molecule has 2 rings (SSSR count). The van der Waals surface area contributed by atoms with Crippen LogP contribution in [0, 0.1) is 3.57 Å². The van der Waals surface area contributed by atoms with E-state index in [1.807, 2.05) is 13.8 Å². The van der Waals surface area contributed by atoms with Crippen molar-refractivity contribution in [2.45, 2.75) is 32.5 Å². The Morgan fingerprint density at radius 3 is 2.54 bits per heavy atom. The molecule has 0 saturated heterocycles. The minimum atomic E-state index is -4.57. The largest absolute Gasteiger partial charge is 0.433 e. The van der Waals surface area contributed by atoms with Crippen molar-refractivity contribution >= 4 is 51.6 Å². The minimum absolute atomic E-state index is 0.0197. The first-order valence-corrected chi connectivity index (χ1v) is 8.59. The first-order chi connectivity index (χ1) is 11.2. The van der Waals surface area contributed by atoms with Crippen molar-refractivity contribution in [3.8, 4) is 0 Å². The van der Waals surface area contributed by atoms with E-state index in [9.17, 15) is 13.2 Å². The molecular formula is C15H15ClF3IN4. The third kappa shape index (κ3) is 5.10. The summed E-state index contributed by atoms with van der Waals surface area (Å²) in [7, 11) is 0. The van der Waals surface area contributed by atoms with Gasteiger partial charge < -0.3 is 10.6 Å². The van der Waals surface area contributed by atoms with Gasteiger partial charge in [0, 0.05) is 15.7 Å². The Morgan fingerprint density at radius 2 is 1.96 bits per heavy atom. The lowest BCUT2D eigenvalue weighted by atomic mass is 10.3. The molecule has 1 aromatic heterocycles. The fourth-order valence-corrected chi connectivity index (χ4v) is 2.68. The third-order valence-corrected chi connectivity index (χ3v) is 4.18. The maximum atomic E-state index is 13.1. The molecule has 2 aromatic rings. The van der Waals surface area contributed by atoms with E-state index in [1.54, 1.807) is 18.2 Å². The highest BCUT2D eigenvalue weighted by molar-refractivity contribution is 14.1. The van der Waals surface area contributed by atoms with Gasteiger partial charge >= 0.3 is 6.18 Å². The van der Waals surface area contributed by atoms with Crippen LogP contribution in [0.3, 0.4) is 0 Å². The highest BCUT2D eigenvalue weighted by atomic mass is 127. The van der Waals surface area contributed by atoms with E-state index in [-0.39, 0.29) is 17.8 Å². The van der Waals surface area contributed by atoms with E-state index in [0.29, 0.717) is 10.7 Å². The Kier molecular flexibility index (Phi) is 6.13. The average molecular weight is 471 g/mol. The van der Waals surface area contributed by atoms with E-state index in [0.717, 1.165) is 16.1 Å².